The van der Waals surface area contributed by atoms with Gasteiger partial charge in [0.05, 0.1) is 38.7 Å². The number of aromatic amines is 1. The summed E-state index contributed by atoms with van der Waals surface area (Å²) in [6.07, 6.45) is 0. The van der Waals surface area contributed by atoms with E-state index in [1.165, 1.54) is 6.07 Å². The molecule has 7 heteroatoms. The summed E-state index contributed by atoms with van der Waals surface area (Å²) < 4.78 is 1.05. The van der Waals surface area contributed by atoms with Crippen molar-refractivity contribution < 1.29 is 0 Å². The molecule has 0 aliphatic heterocycles. The molecule has 0 fully saturated rings. The van der Waals surface area contributed by atoms with Crippen LogP contribution in [0.4, 0.5) is 0 Å². The summed E-state index contributed by atoms with van der Waals surface area (Å²) in [5.41, 5.74) is 7.94. The average molecular weight is 395 g/mol. The van der Waals surface area contributed by atoms with Gasteiger partial charge in [-0.2, -0.15) is 5.26 Å². The molecule has 1 N–H and O–H groups in total. The van der Waals surface area contributed by atoms with Gasteiger partial charge >= 0.3 is 0 Å². The molecule has 0 bridgehead atoms. The zero-order valence-electron chi connectivity index (χ0n) is 15.3. The molecule has 0 atom stereocenters. The van der Waals surface area contributed by atoms with Crippen molar-refractivity contribution in [3.8, 4) is 28.6 Å². The van der Waals surface area contributed by atoms with E-state index in [2.05, 4.69) is 16.0 Å². The van der Waals surface area contributed by atoms with Crippen LogP contribution in [0.15, 0.2) is 58.8 Å². The Bertz CT molecular complexity index is 1510. The lowest BCUT2D eigenvalue weighted by Gasteiger charge is -2.13. The van der Waals surface area contributed by atoms with E-state index >= 15 is 0 Å². The van der Waals surface area contributed by atoms with Crippen molar-refractivity contribution in [3.63, 3.8) is 0 Å². The van der Waals surface area contributed by atoms with Crippen LogP contribution in [0.25, 0.3) is 43.9 Å². The Labute approximate surface area is 169 Å². The third-order valence-electron chi connectivity index (χ3n) is 4.87. The summed E-state index contributed by atoms with van der Waals surface area (Å²) in [5, 5.41) is 9.44. The molecule has 0 unspecified atom stereocenters. The van der Waals surface area contributed by atoms with Crippen molar-refractivity contribution in [1.29, 1.82) is 5.26 Å². The summed E-state index contributed by atoms with van der Waals surface area (Å²) in [7, 11) is 0. The van der Waals surface area contributed by atoms with Crippen LogP contribution in [-0.2, 0) is 0 Å². The minimum absolute atomic E-state index is 0.237. The molecule has 6 nitrogen and oxygen atoms in total. The lowest BCUT2D eigenvalue weighted by Crippen LogP contribution is -2.06. The highest BCUT2D eigenvalue weighted by Crippen LogP contribution is 2.34. The van der Waals surface area contributed by atoms with Crippen molar-refractivity contribution in [3.05, 3.63) is 75.5 Å². The molecular weight excluding hydrogens is 382 g/mol. The molecule has 3 aromatic heterocycles. The van der Waals surface area contributed by atoms with E-state index in [0.29, 0.717) is 28.1 Å². The first kappa shape index (κ1) is 17.2. The van der Waals surface area contributed by atoms with Crippen LogP contribution in [0.5, 0.6) is 0 Å². The maximum Gasteiger partial charge on any atom is 0.249 e. The second-order valence-electron chi connectivity index (χ2n) is 6.60. The molecule has 0 spiro atoms. The van der Waals surface area contributed by atoms with Gasteiger partial charge in [-0.1, -0.05) is 18.2 Å². The Kier molecular flexibility index (Phi) is 3.93. The minimum Gasteiger partial charge on any atom is -0.305 e. The summed E-state index contributed by atoms with van der Waals surface area (Å²) in [6, 6.07) is 16.8. The smallest absolute Gasteiger partial charge is 0.249 e. The Morgan fingerprint density at radius 1 is 1.03 bits per heavy atom. The first-order valence-electron chi connectivity index (χ1n) is 8.89. The fourth-order valence-corrected chi connectivity index (χ4v) is 4.09. The standard InChI is InChI=1S/C22H13N5OS/c1-12-14(10-23)3-2-4-15(12)21-20(13-5-6-16-18(9-13)29-11-24-16)25-17-7-8-19(28)26-22(17)27-21/h2-9,11H,1H3,(H,26,27,28). The first-order valence-corrected chi connectivity index (χ1v) is 9.77. The average Bonchev–Trinajstić information content (AvgIpc) is 3.21. The Balaban J connectivity index is 1.86. The number of thiazole rings is 1. The predicted molar refractivity (Wildman–Crippen MR) is 114 cm³/mol. The maximum absolute atomic E-state index is 11.8. The van der Waals surface area contributed by atoms with E-state index in [1.54, 1.807) is 23.5 Å². The number of aromatic nitrogens is 4. The molecule has 5 rings (SSSR count). The van der Waals surface area contributed by atoms with Gasteiger partial charge < -0.3 is 4.98 Å². The SMILES string of the molecule is Cc1c(C#N)cccc1-c1nc2[nH]c(=O)ccc2nc1-c1ccc2ncsc2c1. The van der Waals surface area contributed by atoms with Crippen molar-refractivity contribution in [2.45, 2.75) is 6.92 Å². The summed E-state index contributed by atoms with van der Waals surface area (Å²) in [4.78, 5) is 28.5. The number of nitrogens with one attached hydrogen (secondary N) is 1. The number of rotatable bonds is 2. The van der Waals surface area contributed by atoms with Crippen LogP contribution in [0.3, 0.4) is 0 Å². The number of nitriles is 1. The van der Waals surface area contributed by atoms with E-state index in [4.69, 9.17) is 9.97 Å². The van der Waals surface area contributed by atoms with Gasteiger partial charge in [-0.3, -0.25) is 4.79 Å². The lowest BCUT2D eigenvalue weighted by atomic mass is 9.97. The van der Waals surface area contributed by atoms with Crippen LogP contribution in [0.2, 0.25) is 0 Å². The fourth-order valence-electron chi connectivity index (χ4n) is 3.37. The first-order chi connectivity index (χ1) is 14.1. The molecule has 0 saturated carbocycles. The molecule has 0 amide bonds. The quantitative estimate of drug-likeness (QED) is 0.477. The van der Waals surface area contributed by atoms with Gasteiger partial charge in [0, 0.05) is 17.2 Å². The number of fused-ring (bicyclic) bond motifs is 2. The topological polar surface area (TPSA) is 95.3 Å². The zero-order valence-corrected chi connectivity index (χ0v) is 16.1. The molecule has 0 aliphatic rings. The molecule has 5 aromatic rings. The molecule has 2 aromatic carbocycles. The molecule has 0 aliphatic carbocycles. The van der Waals surface area contributed by atoms with Gasteiger partial charge in [0.1, 0.15) is 5.52 Å². The minimum atomic E-state index is -0.237. The second-order valence-corrected chi connectivity index (χ2v) is 7.49. The lowest BCUT2D eigenvalue weighted by molar-refractivity contribution is 1.19. The van der Waals surface area contributed by atoms with Gasteiger partial charge in [-0.15, -0.1) is 11.3 Å². The highest BCUT2D eigenvalue weighted by Gasteiger charge is 2.17. The van der Waals surface area contributed by atoms with Crippen LogP contribution < -0.4 is 5.56 Å². The Hall–Kier alpha value is -3.89. The summed E-state index contributed by atoms with van der Waals surface area (Å²) in [6.45, 7) is 1.89. The Morgan fingerprint density at radius 2 is 1.90 bits per heavy atom. The van der Waals surface area contributed by atoms with Crippen molar-refractivity contribution in [1.82, 2.24) is 19.9 Å². The number of benzene rings is 2. The van der Waals surface area contributed by atoms with Crippen LogP contribution in [0.1, 0.15) is 11.1 Å². The molecule has 3 heterocycles. The highest BCUT2D eigenvalue weighted by molar-refractivity contribution is 7.16. The van der Waals surface area contributed by atoms with Gasteiger partial charge in [-0.25, -0.2) is 15.0 Å². The largest absolute Gasteiger partial charge is 0.305 e. The number of H-pyrrole nitrogens is 1. The Morgan fingerprint density at radius 3 is 2.76 bits per heavy atom. The fraction of sp³-hybridized carbons (Fsp3) is 0.0455. The highest BCUT2D eigenvalue weighted by atomic mass is 32.1. The van der Waals surface area contributed by atoms with E-state index in [-0.39, 0.29) is 5.56 Å². The normalized spacial score (nSPS) is 11.0. The van der Waals surface area contributed by atoms with E-state index in [9.17, 15) is 10.1 Å². The van der Waals surface area contributed by atoms with E-state index in [0.717, 1.165) is 26.9 Å². The van der Waals surface area contributed by atoms with Crippen molar-refractivity contribution >= 4 is 32.7 Å². The number of nitrogens with zero attached hydrogens (tertiary/aromatic N) is 4. The summed E-state index contributed by atoms with van der Waals surface area (Å²) in [5.74, 6) is 0. The van der Waals surface area contributed by atoms with Crippen molar-refractivity contribution in [2.75, 3.05) is 0 Å². The van der Waals surface area contributed by atoms with Crippen LogP contribution in [0, 0.1) is 18.3 Å². The van der Waals surface area contributed by atoms with Gasteiger partial charge in [0.25, 0.3) is 0 Å². The molecule has 138 valence electrons. The molecule has 0 radical (unpaired) electrons. The van der Waals surface area contributed by atoms with Gasteiger partial charge in [-0.05, 0) is 36.8 Å². The number of hydrogen-bond donors (Lipinski definition) is 1. The predicted octanol–water partition coefficient (Wildman–Crippen LogP) is 4.44. The van der Waals surface area contributed by atoms with E-state index in [1.807, 2.05) is 42.8 Å². The van der Waals surface area contributed by atoms with Crippen LogP contribution in [-0.4, -0.2) is 19.9 Å². The summed E-state index contributed by atoms with van der Waals surface area (Å²) >= 11 is 1.56. The molecular formula is C22H13N5OS. The molecule has 0 saturated heterocycles. The monoisotopic (exact) mass is 395 g/mol. The van der Waals surface area contributed by atoms with Crippen molar-refractivity contribution in [2.24, 2.45) is 0 Å². The second kappa shape index (κ2) is 6.62. The van der Waals surface area contributed by atoms with E-state index < -0.39 is 0 Å². The number of hydrogen-bond acceptors (Lipinski definition) is 6. The molecule has 29 heavy (non-hydrogen) atoms. The zero-order chi connectivity index (χ0) is 20.0. The van der Waals surface area contributed by atoms with Gasteiger partial charge in [0.2, 0.25) is 5.56 Å². The third kappa shape index (κ3) is 2.87. The third-order valence-corrected chi connectivity index (χ3v) is 5.66. The van der Waals surface area contributed by atoms with Crippen LogP contribution >= 0.6 is 11.3 Å². The number of pyridine rings is 1. The maximum atomic E-state index is 11.8. The van der Waals surface area contributed by atoms with Gasteiger partial charge in [0.15, 0.2) is 5.65 Å².